The van der Waals surface area contributed by atoms with E-state index in [0.29, 0.717) is 43.5 Å². The molecule has 2 heterocycles. The number of amidine groups is 1. The molecule has 10 nitrogen and oxygen atoms in total. The first-order valence-corrected chi connectivity index (χ1v) is 11.0. The first-order chi connectivity index (χ1) is 16.9. The van der Waals surface area contributed by atoms with Crippen LogP contribution >= 0.6 is 0 Å². The number of aldehydes is 1. The van der Waals surface area contributed by atoms with E-state index in [-0.39, 0.29) is 28.6 Å². The number of hydrogen-bond acceptors (Lipinski definition) is 6. The number of carbonyl (C=O) groups is 3. The minimum absolute atomic E-state index is 0.0565. The van der Waals surface area contributed by atoms with Gasteiger partial charge >= 0.3 is 0 Å². The zero-order chi connectivity index (χ0) is 25.4. The van der Waals surface area contributed by atoms with E-state index in [1.807, 2.05) is 35.3 Å². The van der Waals surface area contributed by atoms with Crippen LogP contribution in [0.5, 0.6) is 0 Å². The Bertz CT molecular complexity index is 1220. The molecule has 2 amide bonds. The lowest BCUT2D eigenvalue weighted by molar-refractivity contribution is -0.136. The minimum Gasteiger partial charge on any atom is -0.382 e. The molecule has 1 fully saturated rings. The smallest absolute Gasteiger partial charge is 0.253 e. The van der Waals surface area contributed by atoms with Gasteiger partial charge in [0.2, 0.25) is 5.91 Å². The van der Waals surface area contributed by atoms with E-state index in [0.717, 1.165) is 12.0 Å². The van der Waals surface area contributed by atoms with Crippen LogP contribution in [0.1, 0.15) is 29.3 Å². The molecule has 2 aromatic rings. The van der Waals surface area contributed by atoms with E-state index in [1.54, 1.807) is 11.8 Å². The van der Waals surface area contributed by atoms with Gasteiger partial charge in [-0.1, -0.05) is 24.3 Å². The topological polar surface area (TPSA) is 150 Å². The number of fused-ring (bicyclic) bond motifs is 1. The summed E-state index contributed by atoms with van der Waals surface area (Å²) in [4.78, 5) is 40.6. The summed E-state index contributed by atoms with van der Waals surface area (Å²) in [6, 6.07) is 2.68. The molecule has 1 aromatic heterocycles. The summed E-state index contributed by atoms with van der Waals surface area (Å²) in [6.07, 6.45) is 12.5. The Hall–Kier alpha value is -4.25. The second-order valence-electron chi connectivity index (χ2n) is 7.82. The highest BCUT2D eigenvalue weighted by molar-refractivity contribution is 6.11. The van der Waals surface area contributed by atoms with Crippen molar-refractivity contribution in [3.05, 3.63) is 71.2 Å². The van der Waals surface area contributed by atoms with Gasteiger partial charge in [0.15, 0.2) is 12.1 Å². The van der Waals surface area contributed by atoms with Gasteiger partial charge in [0.05, 0.1) is 5.52 Å². The van der Waals surface area contributed by atoms with Gasteiger partial charge in [-0.3, -0.25) is 14.4 Å². The molecule has 0 bridgehead atoms. The molecule has 11 heteroatoms. The molecule has 0 radical (unpaired) electrons. The molecule has 184 valence electrons. The SMILES string of the molecule is CC(=O)N1CCN(C(=O)C2=CC=CCC=C2)CC1.NN/N=C(\N)c1ccc(F)c2c(C=O)c[nH]c12. The van der Waals surface area contributed by atoms with E-state index in [9.17, 15) is 18.8 Å². The maximum Gasteiger partial charge on any atom is 0.253 e. The lowest BCUT2D eigenvalue weighted by Crippen LogP contribution is -2.50. The molecule has 35 heavy (non-hydrogen) atoms. The molecule has 1 aromatic carbocycles. The van der Waals surface area contributed by atoms with Crippen LogP contribution in [0.3, 0.4) is 0 Å². The van der Waals surface area contributed by atoms with Gasteiger partial charge in [0.25, 0.3) is 5.91 Å². The van der Waals surface area contributed by atoms with Crippen LogP contribution in [0.15, 0.2) is 59.4 Å². The standard InChI is InChI=1S/C14H18N2O2.C10H10FN5O/c1-12(17)15-8-10-16(11-9-15)14(18)13-6-4-2-3-5-7-13;11-7-2-1-6(10(12)15-16-13)9-8(7)5(4-17)3-14-9/h2,4-7H,3,8-11H2,1H3;1-4,14,16H,13H2,(H2,12,15). The molecule has 1 aliphatic heterocycles. The molecule has 4 rings (SSSR count). The maximum absolute atomic E-state index is 13.6. The summed E-state index contributed by atoms with van der Waals surface area (Å²) in [5, 5.41) is 3.79. The Morgan fingerprint density at radius 2 is 1.89 bits per heavy atom. The van der Waals surface area contributed by atoms with Gasteiger partial charge in [-0.15, -0.1) is 5.10 Å². The normalized spacial score (nSPS) is 15.7. The predicted molar refractivity (Wildman–Crippen MR) is 132 cm³/mol. The molecular weight excluding hydrogens is 453 g/mol. The molecule has 0 unspecified atom stereocenters. The zero-order valence-electron chi connectivity index (χ0n) is 19.3. The van der Waals surface area contributed by atoms with Gasteiger partial charge in [-0.05, 0) is 24.6 Å². The number of hydrazine groups is 1. The molecule has 1 saturated heterocycles. The van der Waals surface area contributed by atoms with Crippen molar-refractivity contribution >= 4 is 34.8 Å². The van der Waals surface area contributed by atoms with Crippen LogP contribution in [-0.2, 0) is 9.59 Å². The second-order valence-corrected chi connectivity index (χ2v) is 7.82. The van der Waals surface area contributed by atoms with Gasteiger partial charge < -0.3 is 20.5 Å². The fraction of sp³-hybridized carbons (Fsp3) is 0.250. The fourth-order valence-corrected chi connectivity index (χ4v) is 3.80. The number of aromatic amines is 1. The number of carbonyl (C=O) groups excluding carboxylic acids is 3. The van der Waals surface area contributed by atoms with Crippen LogP contribution in [0.25, 0.3) is 10.9 Å². The summed E-state index contributed by atoms with van der Waals surface area (Å²) < 4.78 is 13.6. The summed E-state index contributed by atoms with van der Waals surface area (Å²) in [5.41, 5.74) is 9.52. The molecule has 0 spiro atoms. The average molecular weight is 482 g/mol. The number of piperazine rings is 1. The number of aromatic nitrogens is 1. The Labute approximate surface area is 201 Å². The van der Waals surface area contributed by atoms with E-state index in [1.165, 1.54) is 18.3 Å². The van der Waals surface area contributed by atoms with E-state index in [4.69, 9.17) is 11.6 Å². The molecule has 1 aliphatic carbocycles. The molecule has 0 atom stereocenters. The summed E-state index contributed by atoms with van der Waals surface area (Å²) in [5.74, 6) is 4.75. The number of H-pyrrole nitrogens is 1. The molecule has 6 N–H and O–H groups in total. The maximum atomic E-state index is 13.6. The van der Waals surface area contributed by atoms with Crippen LogP contribution in [0.2, 0.25) is 0 Å². The lowest BCUT2D eigenvalue weighted by Gasteiger charge is -2.34. The monoisotopic (exact) mass is 481 g/mol. The van der Waals surface area contributed by atoms with Gasteiger partial charge in [0, 0.05) is 61.4 Å². The molecule has 0 saturated carbocycles. The fourth-order valence-electron chi connectivity index (χ4n) is 3.80. The van der Waals surface area contributed by atoms with Crippen molar-refractivity contribution in [3.8, 4) is 0 Å². The predicted octanol–water partition coefficient (Wildman–Crippen LogP) is 1.32. The Morgan fingerprint density at radius 3 is 2.54 bits per heavy atom. The quantitative estimate of drug-likeness (QED) is 0.170. The van der Waals surface area contributed by atoms with Crippen LogP contribution < -0.4 is 17.1 Å². The van der Waals surface area contributed by atoms with Crippen molar-refractivity contribution in [2.75, 3.05) is 26.2 Å². The summed E-state index contributed by atoms with van der Waals surface area (Å²) in [7, 11) is 0. The van der Waals surface area contributed by atoms with Crippen molar-refractivity contribution in [1.29, 1.82) is 0 Å². The minimum atomic E-state index is -0.499. The van der Waals surface area contributed by atoms with Crippen LogP contribution in [-0.4, -0.2) is 64.9 Å². The highest BCUT2D eigenvalue weighted by atomic mass is 19.1. The number of allylic oxidation sites excluding steroid dienone is 4. The van der Waals surface area contributed by atoms with E-state index >= 15 is 0 Å². The first-order valence-electron chi connectivity index (χ1n) is 11.0. The van der Waals surface area contributed by atoms with Gasteiger partial charge in [0.1, 0.15) is 5.82 Å². The van der Waals surface area contributed by atoms with Crippen molar-refractivity contribution in [2.24, 2.45) is 16.7 Å². The van der Waals surface area contributed by atoms with Crippen LogP contribution in [0.4, 0.5) is 4.39 Å². The van der Waals surface area contributed by atoms with E-state index < -0.39 is 5.82 Å². The number of nitrogens with zero attached hydrogens (tertiary/aromatic N) is 3. The number of nitrogens with two attached hydrogens (primary N) is 2. The van der Waals surface area contributed by atoms with Crippen molar-refractivity contribution in [2.45, 2.75) is 13.3 Å². The Kier molecular flexibility index (Phi) is 8.52. The van der Waals surface area contributed by atoms with Gasteiger partial charge in [-0.25, -0.2) is 15.8 Å². The number of nitrogens with one attached hydrogen (secondary N) is 2. The number of amides is 2. The second kappa shape index (κ2) is 11.7. The molecular formula is C24H28FN7O3. The number of benzene rings is 1. The van der Waals surface area contributed by atoms with Crippen LogP contribution in [0, 0.1) is 5.82 Å². The first kappa shape index (κ1) is 25.4. The number of rotatable bonds is 4. The lowest BCUT2D eigenvalue weighted by atomic mass is 10.1. The third-order valence-corrected chi connectivity index (χ3v) is 5.64. The zero-order valence-corrected chi connectivity index (χ0v) is 19.3. The highest BCUT2D eigenvalue weighted by Crippen LogP contribution is 2.23. The Morgan fingerprint density at radius 1 is 1.17 bits per heavy atom. The summed E-state index contributed by atoms with van der Waals surface area (Å²) in [6.45, 7) is 4.07. The number of hydrazone groups is 1. The van der Waals surface area contributed by atoms with E-state index in [2.05, 4.69) is 15.6 Å². The third kappa shape index (κ3) is 6.01. The largest absolute Gasteiger partial charge is 0.382 e. The average Bonchev–Trinajstić information content (AvgIpc) is 3.11. The number of halogens is 1. The van der Waals surface area contributed by atoms with Gasteiger partial charge in [-0.2, -0.15) is 0 Å². The highest BCUT2D eigenvalue weighted by Gasteiger charge is 2.23. The van der Waals surface area contributed by atoms with Crippen molar-refractivity contribution < 1.29 is 18.8 Å². The van der Waals surface area contributed by atoms with Crippen molar-refractivity contribution in [3.63, 3.8) is 0 Å². The molecule has 2 aliphatic rings. The third-order valence-electron chi connectivity index (χ3n) is 5.64. The van der Waals surface area contributed by atoms with Crippen molar-refractivity contribution in [1.82, 2.24) is 20.3 Å². The number of hydrogen-bond donors (Lipinski definition) is 4. The summed E-state index contributed by atoms with van der Waals surface area (Å²) >= 11 is 0. The Balaban J connectivity index is 0.000000196.